The summed E-state index contributed by atoms with van der Waals surface area (Å²) in [4.78, 5) is 15.0. The molecule has 0 aliphatic rings. The Hall–Kier alpha value is -3.73. The van der Waals surface area contributed by atoms with Crippen LogP contribution in [0.2, 0.25) is 0 Å². The Morgan fingerprint density at radius 3 is 2.25 bits per heavy atom. The molecule has 0 bridgehead atoms. The molecule has 5 heteroatoms. The molecule has 162 valence electrons. The van der Waals surface area contributed by atoms with Crippen molar-refractivity contribution in [1.82, 2.24) is 10.1 Å². The van der Waals surface area contributed by atoms with Crippen LogP contribution >= 0.6 is 0 Å². The number of hydrogen-bond donors (Lipinski definition) is 0. The fourth-order valence-corrected chi connectivity index (χ4v) is 3.69. The summed E-state index contributed by atoms with van der Waals surface area (Å²) in [6.07, 6.45) is 0. The van der Waals surface area contributed by atoms with E-state index < -0.39 is 0 Å². The van der Waals surface area contributed by atoms with Crippen molar-refractivity contribution in [3.8, 4) is 11.3 Å². The maximum atomic E-state index is 13.4. The van der Waals surface area contributed by atoms with Crippen molar-refractivity contribution >= 4 is 5.91 Å². The molecular formula is C27H25FN2O2. The number of carbonyl (C=O) groups excluding carboxylic acids is 1. The number of amides is 1. The molecule has 0 saturated heterocycles. The van der Waals surface area contributed by atoms with Crippen LogP contribution in [0, 0.1) is 26.6 Å². The fraction of sp³-hybridized carbons (Fsp3) is 0.185. The molecule has 0 N–H and O–H groups in total. The highest BCUT2D eigenvalue weighted by Crippen LogP contribution is 2.26. The summed E-state index contributed by atoms with van der Waals surface area (Å²) >= 11 is 0. The Balaban J connectivity index is 1.61. The first-order valence-electron chi connectivity index (χ1n) is 10.5. The van der Waals surface area contributed by atoms with Gasteiger partial charge >= 0.3 is 0 Å². The lowest BCUT2D eigenvalue weighted by Crippen LogP contribution is -2.30. The Kier molecular flexibility index (Phi) is 6.17. The quantitative estimate of drug-likeness (QED) is 0.365. The van der Waals surface area contributed by atoms with E-state index in [9.17, 15) is 9.18 Å². The second-order valence-electron chi connectivity index (χ2n) is 8.15. The highest BCUT2D eigenvalue weighted by atomic mass is 19.1. The molecule has 1 aromatic heterocycles. The standard InChI is InChI=1S/C27H25FN2O2/c1-18-4-9-22(10-5-18)27(31)30(16-21-7-11-23(28)12-8-21)17-24-15-26(32-29-24)25-13-6-19(2)14-20(25)3/h4-15H,16-17H2,1-3H3. The molecule has 4 aromatic rings. The van der Waals surface area contributed by atoms with Gasteiger partial charge in [0, 0.05) is 23.7 Å². The van der Waals surface area contributed by atoms with Gasteiger partial charge in [0.05, 0.1) is 6.54 Å². The van der Waals surface area contributed by atoms with Crippen LogP contribution in [-0.2, 0) is 13.1 Å². The van der Waals surface area contributed by atoms with Crippen molar-refractivity contribution in [2.45, 2.75) is 33.9 Å². The Labute approximate surface area is 187 Å². The lowest BCUT2D eigenvalue weighted by Gasteiger charge is -2.22. The van der Waals surface area contributed by atoms with Gasteiger partial charge in [-0.1, -0.05) is 58.7 Å². The number of halogens is 1. The van der Waals surface area contributed by atoms with E-state index in [1.807, 2.05) is 63.2 Å². The highest BCUT2D eigenvalue weighted by molar-refractivity contribution is 5.94. The third-order valence-corrected chi connectivity index (χ3v) is 5.43. The van der Waals surface area contributed by atoms with Crippen LogP contribution in [0.1, 0.15) is 38.3 Å². The van der Waals surface area contributed by atoms with Crippen molar-refractivity contribution in [1.29, 1.82) is 0 Å². The molecular weight excluding hydrogens is 403 g/mol. The van der Waals surface area contributed by atoms with E-state index in [-0.39, 0.29) is 18.3 Å². The summed E-state index contributed by atoms with van der Waals surface area (Å²) in [5, 5.41) is 4.21. The first-order chi connectivity index (χ1) is 15.4. The van der Waals surface area contributed by atoms with E-state index in [0.717, 1.165) is 22.3 Å². The summed E-state index contributed by atoms with van der Waals surface area (Å²) in [6, 6.07) is 21.7. The molecule has 32 heavy (non-hydrogen) atoms. The smallest absolute Gasteiger partial charge is 0.254 e. The summed E-state index contributed by atoms with van der Waals surface area (Å²) in [6.45, 7) is 6.67. The molecule has 0 radical (unpaired) electrons. The molecule has 0 spiro atoms. The molecule has 4 rings (SSSR count). The fourth-order valence-electron chi connectivity index (χ4n) is 3.69. The number of benzene rings is 3. The lowest BCUT2D eigenvalue weighted by molar-refractivity contribution is 0.0726. The molecule has 4 nitrogen and oxygen atoms in total. The predicted molar refractivity (Wildman–Crippen MR) is 123 cm³/mol. The van der Waals surface area contributed by atoms with Crippen LogP contribution in [-0.4, -0.2) is 16.0 Å². The molecule has 0 aliphatic heterocycles. The van der Waals surface area contributed by atoms with Gasteiger partial charge in [-0.2, -0.15) is 0 Å². The van der Waals surface area contributed by atoms with Crippen molar-refractivity contribution in [2.24, 2.45) is 0 Å². The van der Waals surface area contributed by atoms with Crippen molar-refractivity contribution in [3.63, 3.8) is 0 Å². The van der Waals surface area contributed by atoms with Gasteiger partial charge in [-0.05, 0) is 56.2 Å². The number of nitrogens with zero attached hydrogens (tertiary/aromatic N) is 2. The SMILES string of the molecule is Cc1ccc(C(=O)N(Cc2ccc(F)cc2)Cc2cc(-c3ccc(C)cc3C)on2)cc1. The average molecular weight is 429 g/mol. The molecule has 1 heterocycles. The first kappa shape index (κ1) is 21.5. The highest BCUT2D eigenvalue weighted by Gasteiger charge is 2.19. The maximum Gasteiger partial charge on any atom is 0.254 e. The lowest BCUT2D eigenvalue weighted by atomic mass is 10.0. The van der Waals surface area contributed by atoms with E-state index in [4.69, 9.17) is 4.52 Å². The summed E-state index contributed by atoms with van der Waals surface area (Å²) in [7, 11) is 0. The second kappa shape index (κ2) is 9.18. The molecule has 3 aromatic carbocycles. The number of carbonyl (C=O) groups is 1. The van der Waals surface area contributed by atoms with Crippen LogP contribution in [0.3, 0.4) is 0 Å². The van der Waals surface area contributed by atoms with Crippen LogP contribution in [0.15, 0.2) is 77.3 Å². The van der Waals surface area contributed by atoms with Crippen LogP contribution in [0.5, 0.6) is 0 Å². The van der Waals surface area contributed by atoms with Gasteiger partial charge in [-0.15, -0.1) is 0 Å². The van der Waals surface area contributed by atoms with Gasteiger partial charge in [-0.3, -0.25) is 4.79 Å². The van der Waals surface area contributed by atoms with E-state index in [0.29, 0.717) is 23.6 Å². The summed E-state index contributed by atoms with van der Waals surface area (Å²) < 4.78 is 19.0. The molecule has 0 atom stereocenters. The minimum Gasteiger partial charge on any atom is -0.356 e. The number of rotatable bonds is 6. The van der Waals surface area contributed by atoms with Crippen molar-refractivity contribution < 1.29 is 13.7 Å². The molecule has 0 fully saturated rings. The van der Waals surface area contributed by atoms with E-state index in [1.165, 1.54) is 17.7 Å². The summed E-state index contributed by atoms with van der Waals surface area (Å²) in [5.74, 6) is 0.243. The van der Waals surface area contributed by atoms with Crippen LogP contribution in [0.4, 0.5) is 4.39 Å². The van der Waals surface area contributed by atoms with E-state index in [1.54, 1.807) is 17.0 Å². The first-order valence-corrected chi connectivity index (χ1v) is 10.5. The zero-order valence-electron chi connectivity index (χ0n) is 18.4. The Morgan fingerprint density at radius 1 is 0.875 bits per heavy atom. The molecule has 0 aliphatic carbocycles. The van der Waals surface area contributed by atoms with Crippen molar-refractivity contribution in [3.05, 3.63) is 112 Å². The topological polar surface area (TPSA) is 46.3 Å². The zero-order valence-corrected chi connectivity index (χ0v) is 18.4. The van der Waals surface area contributed by atoms with Crippen LogP contribution in [0.25, 0.3) is 11.3 Å². The van der Waals surface area contributed by atoms with Gasteiger partial charge < -0.3 is 9.42 Å². The number of aryl methyl sites for hydroxylation is 3. The zero-order chi connectivity index (χ0) is 22.7. The Morgan fingerprint density at radius 2 is 1.56 bits per heavy atom. The minimum atomic E-state index is -0.306. The van der Waals surface area contributed by atoms with Gasteiger partial charge in [0.2, 0.25) is 0 Å². The predicted octanol–water partition coefficient (Wildman–Crippen LogP) is 6.25. The summed E-state index contributed by atoms with van der Waals surface area (Å²) in [5.41, 5.74) is 6.43. The van der Waals surface area contributed by atoms with E-state index in [2.05, 4.69) is 11.2 Å². The third kappa shape index (κ3) is 4.94. The number of hydrogen-bond acceptors (Lipinski definition) is 3. The molecule has 1 amide bonds. The van der Waals surface area contributed by atoms with Gasteiger partial charge in [0.1, 0.15) is 11.5 Å². The van der Waals surface area contributed by atoms with E-state index >= 15 is 0 Å². The van der Waals surface area contributed by atoms with Crippen LogP contribution < -0.4 is 0 Å². The van der Waals surface area contributed by atoms with Crippen molar-refractivity contribution in [2.75, 3.05) is 0 Å². The molecule has 0 saturated carbocycles. The minimum absolute atomic E-state index is 0.120. The largest absolute Gasteiger partial charge is 0.356 e. The second-order valence-corrected chi connectivity index (χ2v) is 8.15. The number of aromatic nitrogens is 1. The third-order valence-electron chi connectivity index (χ3n) is 5.43. The Bertz CT molecular complexity index is 1230. The average Bonchev–Trinajstić information content (AvgIpc) is 3.23. The van der Waals surface area contributed by atoms with Gasteiger partial charge in [0.15, 0.2) is 5.76 Å². The van der Waals surface area contributed by atoms with Gasteiger partial charge in [-0.25, -0.2) is 4.39 Å². The molecule has 0 unspecified atom stereocenters. The normalized spacial score (nSPS) is 10.9. The monoisotopic (exact) mass is 428 g/mol. The van der Waals surface area contributed by atoms with Gasteiger partial charge in [0.25, 0.3) is 5.91 Å². The maximum absolute atomic E-state index is 13.4.